The minimum absolute atomic E-state index is 0.417. The first kappa shape index (κ1) is 16.3. The fourth-order valence-corrected chi connectivity index (χ4v) is 3.73. The number of ether oxygens (including phenoxy) is 2. The number of nitrogens with zero attached hydrogens (tertiary/aromatic N) is 3. The molecule has 4 rings (SSSR count). The molecule has 1 N–H and O–H groups in total. The van der Waals surface area contributed by atoms with E-state index in [4.69, 9.17) is 26.5 Å². The molecule has 0 saturated carbocycles. The molecule has 7 heteroatoms. The lowest BCUT2D eigenvalue weighted by molar-refractivity contribution is -0.338. The van der Waals surface area contributed by atoms with E-state index in [0.717, 1.165) is 0 Å². The van der Waals surface area contributed by atoms with E-state index in [1.807, 2.05) is 18.2 Å². The SMILES string of the molecule is CC1C2(C)OC(=N)C(C#N)(C(c3ccc(Cl)cc3)O2)C1(C#N)C#N. The first-order chi connectivity index (χ1) is 11.3. The first-order valence-corrected chi connectivity index (χ1v) is 7.64. The van der Waals surface area contributed by atoms with Crippen molar-refractivity contribution >= 4 is 17.5 Å². The van der Waals surface area contributed by atoms with Crippen LogP contribution in [0.2, 0.25) is 5.02 Å². The molecule has 0 spiro atoms. The maximum Gasteiger partial charge on any atom is 0.215 e. The van der Waals surface area contributed by atoms with Gasteiger partial charge in [0.1, 0.15) is 6.10 Å². The third-order valence-electron chi connectivity index (χ3n) is 5.17. The molecule has 6 nitrogen and oxygen atoms in total. The molecular formula is C17H13ClN4O2. The van der Waals surface area contributed by atoms with Gasteiger partial charge in [0.25, 0.3) is 0 Å². The van der Waals surface area contributed by atoms with Gasteiger partial charge in [-0.15, -0.1) is 0 Å². The van der Waals surface area contributed by atoms with Crippen molar-refractivity contribution in [2.45, 2.75) is 25.7 Å². The minimum Gasteiger partial charge on any atom is -0.448 e. The largest absolute Gasteiger partial charge is 0.448 e. The highest BCUT2D eigenvalue weighted by atomic mass is 35.5. The van der Waals surface area contributed by atoms with Crippen LogP contribution in [-0.4, -0.2) is 11.7 Å². The number of nitriles is 3. The smallest absolute Gasteiger partial charge is 0.215 e. The third kappa shape index (κ3) is 1.64. The average Bonchev–Trinajstić information content (AvgIpc) is 2.57. The van der Waals surface area contributed by atoms with E-state index in [1.54, 1.807) is 38.1 Å². The molecule has 4 atom stereocenters. The van der Waals surface area contributed by atoms with Crippen LogP contribution in [0.5, 0.6) is 0 Å². The van der Waals surface area contributed by atoms with Crippen molar-refractivity contribution in [1.29, 1.82) is 21.2 Å². The quantitative estimate of drug-likeness (QED) is 0.842. The summed E-state index contributed by atoms with van der Waals surface area (Å²) in [7, 11) is 0. The Hall–Kier alpha value is -2.59. The molecule has 3 fully saturated rings. The zero-order valence-electron chi connectivity index (χ0n) is 13.0. The number of nitrogens with one attached hydrogen (secondary N) is 1. The lowest BCUT2D eigenvalue weighted by atomic mass is 9.51. The van der Waals surface area contributed by atoms with E-state index in [-0.39, 0.29) is 0 Å². The molecule has 0 amide bonds. The van der Waals surface area contributed by atoms with E-state index in [1.165, 1.54) is 0 Å². The van der Waals surface area contributed by atoms with Crippen molar-refractivity contribution < 1.29 is 9.47 Å². The second kappa shape index (κ2) is 4.95. The van der Waals surface area contributed by atoms with Crippen LogP contribution < -0.4 is 0 Å². The van der Waals surface area contributed by atoms with Gasteiger partial charge in [-0.3, -0.25) is 5.41 Å². The molecule has 4 unspecified atom stereocenters. The molecule has 0 aromatic heterocycles. The summed E-state index contributed by atoms with van der Waals surface area (Å²) in [6, 6.07) is 12.6. The van der Waals surface area contributed by atoms with Gasteiger partial charge in [0.2, 0.25) is 11.7 Å². The van der Waals surface area contributed by atoms with Crippen LogP contribution in [0.15, 0.2) is 24.3 Å². The van der Waals surface area contributed by atoms with E-state index < -0.39 is 34.5 Å². The van der Waals surface area contributed by atoms with Crippen molar-refractivity contribution in [1.82, 2.24) is 0 Å². The van der Waals surface area contributed by atoms with Crippen LogP contribution in [0.3, 0.4) is 0 Å². The average molecular weight is 341 g/mol. The number of fused-ring (bicyclic) bond motifs is 3. The summed E-state index contributed by atoms with van der Waals surface area (Å²) < 4.78 is 11.5. The van der Waals surface area contributed by atoms with Crippen molar-refractivity contribution in [2.24, 2.45) is 16.7 Å². The van der Waals surface area contributed by atoms with Gasteiger partial charge in [0, 0.05) is 11.9 Å². The molecule has 3 aliphatic heterocycles. The molecule has 0 radical (unpaired) electrons. The summed E-state index contributed by atoms with van der Waals surface area (Å²) in [6.45, 7) is 3.21. The fraction of sp³-hybridized carbons (Fsp3) is 0.412. The molecule has 1 aromatic rings. The van der Waals surface area contributed by atoms with Crippen LogP contribution in [0.4, 0.5) is 0 Å². The highest BCUT2D eigenvalue weighted by Gasteiger charge is 2.77. The predicted molar refractivity (Wildman–Crippen MR) is 83.4 cm³/mol. The summed E-state index contributed by atoms with van der Waals surface area (Å²) in [6.07, 6.45) is -0.985. The van der Waals surface area contributed by atoms with E-state index in [0.29, 0.717) is 10.6 Å². The second-order valence-corrected chi connectivity index (χ2v) is 6.61. The molecule has 24 heavy (non-hydrogen) atoms. The Balaban J connectivity index is 2.32. The molecule has 120 valence electrons. The van der Waals surface area contributed by atoms with Crippen LogP contribution in [0.25, 0.3) is 0 Å². The number of halogens is 1. The summed E-state index contributed by atoms with van der Waals surface area (Å²) in [5.74, 6) is -2.50. The zero-order chi connectivity index (χ0) is 17.8. The van der Waals surface area contributed by atoms with Crippen LogP contribution in [-0.2, 0) is 9.47 Å². The number of hydrogen-bond acceptors (Lipinski definition) is 6. The lowest BCUT2D eigenvalue weighted by Gasteiger charge is -2.60. The molecule has 3 aliphatic rings. The zero-order valence-corrected chi connectivity index (χ0v) is 13.8. The summed E-state index contributed by atoms with van der Waals surface area (Å²) in [5.41, 5.74) is -3.07. The Kier molecular flexibility index (Phi) is 3.36. The van der Waals surface area contributed by atoms with E-state index in [2.05, 4.69) is 0 Å². The molecule has 3 saturated heterocycles. The third-order valence-corrected chi connectivity index (χ3v) is 5.42. The number of hydrogen-bond donors (Lipinski definition) is 1. The van der Waals surface area contributed by atoms with Gasteiger partial charge < -0.3 is 9.47 Å². The van der Waals surface area contributed by atoms with Gasteiger partial charge in [-0.05, 0) is 17.7 Å². The summed E-state index contributed by atoms with van der Waals surface area (Å²) in [5, 5.41) is 38.4. The van der Waals surface area contributed by atoms with Gasteiger partial charge in [0.15, 0.2) is 10.8 Å². The van der Waals surface area contributed by atoms with Gasteiger partial charge in [-0.2, -0.15) is 15.8 Å². The topological polar surface area (TPSA) is 114 Å². The van der Waals surface area contributed by atoms with Crippen molar-refractivity contribution in [3.05, 3.63) is 34.9 Å². The van der Waals surface area contributed by atoms with Crippen LogP contribution >= 0.6 is 11.6 Å². The highest BCUT2D eigenvalue weighted by molar-refractivity contribution is 6.30. The van der Waals surface area contributed by atoms with Gasteiger partial charge in [0.05, 0.1) is 24.1 Å². The van der Waals surface area contributed by atoms with E-state index in [9.17, 15) is 15.8 Å². The monoisotopic (exact) mass is 340 g/mol. The normalized spacial score (nSPS) is 36.1. The maximum atomic E-state index is 9.94. The Morgan fingerprint density at radius 1 is 1.12 bits per heavy atom. The standard InChI is InChI=1S/C17H13ClN4O2/c1-10-15(2)23-13(11-3-5-12(18)6-4-11)17(9-21,14(22)24-15)16(10,7-19)8-20/h3-6,10,13,22H,1-2H3. The molecule has 0 aliphatic carbocycles. The minimum atomic E-state index is -1.86. The van der Waals surface area contributed by atoms with Crippen molar-refractivity contribution in [3.8, 4) is 18.2 Å². The van der Waals surface area contributed by atoms with Gasteiger partial charge in [-0.25, -0.2) is 0 Å². The Bertz CT molecular complexity index is 833. The maximum absolute atomic E-state index is 9.94. The lowest BCUT2D eigenvalue weighted by Crippen LogP contribution is -2.71. The van der Waals surface area contributed by atoms with Crippen molar-refractivity contribution in [3.63, 3.8) is 0 Å². The summed E-state index contributed by atoms with van der Waals surface area (Å²) >= 11 is 5.91. The molecule has 1 aromatic carbocycles. The van der Waals surface area contributed by atoms with Crippen LogP contribution in [0, 0.1) is 56.2 Å². The molecular weight excluding hydrogens is 328 g/mol. The van der Waals surface area contributed by atoms with E-state index >= 15 is 0 Å². The number of rotatable bonds is 1. The first-order valence-electron chi connectivity index (χ1n) is 7.26. The predicted octanol–water partition coefficient (Wildman–Crippen LogP) is 3.31. The molecule has 2 bridgehead atoms. The summed E-state index contributed by atoms with van der Waals surface area (Å²) in [4.78, 5) is 0. The Morgan fingerprint density at radius 3 is 2.21 bits per heavy atom. The van der Waals surface area contributed by atoms with Crippen LogP contribution in [0.1, 0.15) is 25.5 Å². The fourth-order valence-electron chi connectivity index (χ4n) is 3.61. The highest BCUT2D eigenvalue weighted by Crippen LogP contribution is 2.66. The van der Waals surface area contributed by atoms with Gasteiger partial charge >= 0.3 is 0 Å². The van der Waals surface area contributed by atoms with Crippen molar-refractivity contribution in [2.75, 3.05) is 0 Å². The number of benzene rings is 1. The Labute approximate surface area is 144 Å². The molecule has 3 heterocycles. The Morgan fingerprint density at radius 2 is 1.71 bits per heavy atom. The van der Waals surface area contributed by atoms with Gasteiger partial charge in [-0.1, -0.05) is 30.7 Å². The second-order valence-electron chi connectivity index (χ2n) is 6.17.